The number of hydroxylamine groups is 2. The number of benzene rings is 1. The van der Waals surface area contributed by atoms with Crippen molar-refractivity contribution in [3.8, 4) is 0 Å². The van der Waals surface area contributed by atoms with Gasteiger partial charge in [0.15, 0.2) is 0 Å². The second-order valence-electron chi connectivity index (χ2n) is 3.69. The molecule has 0 fully saturated rings. The topological polar surface area (TPSA) is 29.5 Å². The number of amides is 1. The van der Waals surface area contributed by atoms with Crippen LogP contribution in [0.3, 0.4) is 0 Å². The van der Waals surface area contributed by atoms with E-state index < -0.39 is 5.37 Å². The first kappa shape index (κ1) is 11.2. The van der Waals surface area contributed by atoms with Crippen molar-refractivity contribution < 1.29 is 9.63 Å². The largest absolute Gasteiger partial charge is 0.340 e. The van der Waals surface area contributed by atoms with E-state index in [1.807, 2.05) is 31.2 Å². The van der Waals surface area contributed by atoms with Crippen LogP contribution in [0.25, 0.3) is 5.57 Å². The Balaban J connectivity index is 2.16. The van der Waals surface area contributed by atoms with Gasteiger partial charge in [-0.2, -0.15) is 0 Å². The molecule has 0 radical (unpaired) electrons. The summed E-state index contributed by atoms with van der Waals surface area (Å²) in [7, 11) is 0. The number of aryl methyl sites for hydroxylation is 1. The zero-order valence-electron chi connectivity index (χ0n) is 8.94. The maximum Gasteiger partial charge on any atom is 0.340 e. The number of carbonyl (C=O) groups is 1. The van der Waals surface area contributed by atoms with Gasteiger partial charge in [-0.3, -0.25) is 9.63 Å². The first-order valence-electron chi connectivity index (χ1n) is 5.03. The van der Waals surface area contributed by atoms with Gasteiger partial charge < -0.3 is 0 Å². The molecule has 1 heterocycles. The standard InChI is InChI=1S/C12H12ClNO2/c1-9-3-2-4-10(7-9)11-5-6-14(12(13)15)16-8-11/h2-5,7H,6,8H2,1H3. The van der Waals surface area contributed by atoms with Crippen molar-refractivity contribution in [3.05, 3.63) is 41.5 Å². The average molecular weight is 238 g/mol. The van der Waals surface area contributed by atoms with Gasteiger partial charge in [-0.1, -0.05) is 35.9 Å². The lowest BCUT2D eigenvalue weighted by molar-refractivity contribution is -0.0914. The molecule has 1 amide bonds. The third-order valence-electron chi connectivity index (χ3n) is 2.46. The van der Waals surface area contributed by atoms with Crippen LogP contribution in [0.5, 0.6) is 0 Å². The Bertz CT molecular complexity index is 442. The number of rotatable bonds is 1. The molecule has 1 aromatic carbocycles. The van der Waals surface area contributed by atoms with Gasteiger partial charge in [0, 0.05) is 0 Å². The highest BCUT2D eigenvalue weighted by Gasteiger charge is 2.16. The van der Waals surface area contributed by atoms with E-state index in [9.17, 15) is 4.79 Å². The van der Waals surface area contributed by atoms with Crippen LogP contribution in [-0.2, 0) is 4.84 Å². The number of hydrogen-bond donors (Lipinski definition) is 0. The molecule has 4 heteroatoms. The van der Waals surface area contributed by atoms with Crippen LogP contribution in [0.2, 0.25) is 0 Å². The Morgan fingerprint density at radius 1 is 1.50 bits per heavy atom. The molecule has 0 saturated heterocycles. The van der Waals surface area contributed by atoms with Crippen LogP contribution >= 0.6 is 11.6 Å². The molecular weight excluding hydrogens is 226 g/mol. The Morgan fingerprint density at radius 3 is 2.88 bits per heavy atom. The van der Waals surface area contributed by atoms with Crippen molar-refractivity contribution in [2.24, 2.45) is 0 Å². The third-order valence-corrected chi connectivity index (χ3v) is 2.65. The number of halogens is 1. The quantitative estimate of drug-likeness (QED) is 0.555. The molecule has 0 saturated carbocycles. The van der Waals surface area contributed by atoms with Crippen LogP contribution in [0.4, 0.5) is 4.79 Å². The Morgan fingerprint density at radius 2 is 2.31 bits per heavy atom. The zero-order valence-corrected chi connectivity index (χ0v) is 9.70. The summed E-state index contributed by atoms with van der Waals surface area (Å²) in [5.74, 6) is 0. The summed E-state index contributed by atoms with van der Waals surface area (Å²) in [6, 6.07) is 8.17. The molecule has 1 aliphatic rings. The molecule has 16 heavy (non-hydrogen) atoms. The molecule has 0 bridgehead atoms. The molecule has 1 aliphatic heterocycles. The van der Waals surface area contributed by atoms with E-state index in [4.69, 9.17) is 16.4 Å². The van der Waals surface area contributed by atoms with Crippen LogP contribution in [0.15, 0.2) is 30.3 Å². The van der Waals surface area contributed by atoms with Crippen molar-refractivity contribution in [3.63, 3.8) is 0 Å². The summed E-state index contributed by atoms with van der Waals surface area (Å²) in [4.78, 5) is 16.1. The Labute approximate surface area is 99.2 Å². The SMILES string of the molecule is Cc1cccc(C2=CCN(C(=O)Cl)OC2)c1. The molecule has 0 unspecified atom stereocenters. The highest BCUT2D eigenvalue weighted by molar-refractivity contribution is 6.62. The van der Waals surface area contributed by atoms with Gasteiger partial charge in [-0.15, -0.1) is 0 Å². The molecule has 0 atom stereocenters. The lowest BCUT2D eigenvalue weighted by atomic mass is 10.0. The lowest BCUT2D eigenvalue weighted by Crippen LogP contribution is -2.30. The molecule has 84 valence electrons. The second-order valence-corrected chi connectivity index (χ2v) is 4.01. The third kappa shape index (κ3) is 2.43. The van der Waals surface area contributed by atoms with Crippen LogP contribution < -0.4 is 0 Å². The van der Waals surface area contributed by atoms with Gasteiger partial charge in [0.25, 0.3) is 0 Å². The van der Waals surface area contributed by atoms with Gasteiger partial charge >= 0.3 is 5.37 Å². The molecule has 0 spiro atoms. The zero-order chi connectivity index (χ0) is 11.5. The molecular formula is C12H12ClNO2. The summed E-state index contributed by atoms with van der Waals surface area (Å²) < 4.78 is 0. The minimum absolute atomic E-state index is 0.377. The minimum atomic E-state index is -0.584. The van der Waals surface area contributed by atoms with Crippen LogP contribution in [0.1, 0.15) is 11.1 Å². The van der Waals surface area contributed by atoms with Gasteiger partial charge in [-0.05, 0) is 29.7 Å². The number of nitrogens with zero attached hydrogens (tertiary/aromatic N) is 1. The Kier molecular flexibility index (Phi) is 3.27. The smallest absolute Gasteiger partial charge is 0.265 e. The highest BCUT2D eigenvalue weighted by atomic mass is 35.5. The lowest BCUT2D eigenvalue weighted by Gasteiger charge is -2.23. The normalized spacial score (nSPS) is 15.9. The maximum atomic E-state index is 10.8. The number of hydrogen-bond acceptors (Lipinski definition) is 2. The molecule has 3 nitrogen and oxygen atoms in total. The Hall–Kier alpha value is -1.32. The van der Waals surface area contributed by atoms with E-state index >= 15 is 0 Å². The molecule has 0 aromatic heterocycles. The molecule has 0 N–H and O–H groups in total. The van der Waals surface area contributed by atoms with E-state index in [1.54, 1.807) is 0 Å². The van der Waals surface area contributed by atoms with Gasteiger partial charge in [0.05, 0.1) is 6.54 Å². The van der Waals surface area contributed by atoms with Gasteiger partial charge in [0.2, 0.25) is 0 Å². The fraction of sp³-hybridized carbons (Fsp3) is 0.250. The fourth-order valence-electron chi connectivity index (χ4n) is 1.62. The predicted octanol–water partition coefficient (Wildman–Crippen LogP) is 2.98. The van der Waals surface area contributed by atoms with Gasteiger partial charge in [0.1, 0.15) is 6.61 Å². The molecule has 1 aromatic rings. The molecule has 2 rings (SSSR count). The second kappa shape index (κ2) is 4.68. The van der Waals surface area contributed by atoms with E-state index in [0.717, 1.165) is 16.2 Å². The first-order valence-corrected chi connectivity index (χ1v) is 5.40. The summed E-state index contributed by atoms with van der Waals surface area (Å²) >= 11 is 5.31. The maximum absolute atomic E-state index is 10.8. The van der Waals surface area contributed by atoms with Crippen LogP contribution in [-0.4, -0.2) is 23.6 Å². The predicted molar refractivity (Wildman–Crippen MR) is 63.1 cm³/mol. The summed E-state index contributed by atoms with van der Waals surface area (Å²) in [5.41, 5.74) is 3.41. The fourth-order valence-corrected chi connectivity index (χ4v) is 1.74. The van der Waals surface area contributed by atoms with Crippen molar-refractivity contribution in [2.45, 2.75) is 6.92 Å². The van der Waals surface area contributed by atoms with Crippen molar-refractivity contribution in [1.29, 1.82) is 0 Å². The van der Waals surface area contributed by atoms with Crippen molar-refractivity contribution in [2.75, 3.05) is 13.2 Å². The monoisotopic (exact) mass is 237 g/mol. The highest BCUT2D eigenvalue weighted by Crippen LogP contribution is 2.20. The van der Waals surface area contributed by atoms with E-state index in [-0.39, 0.29) is 0 Å². The average Bonchev–Trinajstić information content (AvgIpc) is 2.29. The van der Waals surface area contributed by atoms with E-state index in [0.29, 0.717) is 13.2 Å². The summed E-state index contributed by atoms with van der Waals surface area (Å²) in [6.07, 6.45) is 1.96. The van der Waals surface area contributed by atoms with Crippen molar-refractivity contribution in [1.82, 2.24) is 5.06 Å². The number of carbonyl (C=O) groups excluding carboxylic acids is 1. The first-order chi connectivity index (χ1) is 7.66. The molecule has 0 aliphatic carbocycles. The van der Waals surface area contributed by atoms with Gasteiger partial charge in [-0.25, -0.2) is 5.06 Å². The van der Waals surface area contributed by atoms with Crippen LogP contribution in [0, 0.1) is 6.92 Å². The van der Waals surface area contributed by atoms with E-state index in [2.05, 4.69) is 6.07 Å². The van der Waals surface area contributed by atoms with E-state index in [1.165, 1.54) is 5.56 Å². The summed E-state index contributed by atoms with van der Waals surface area (Å²) in [6.45, 7) is 2.82. The minimum Gasteiger partial charge on any atom is -0.265 e. The summed E-state index contributed by atoms with van der Waals surface area (Å²) in [5, 5.41) is 0.556. The van der Waals surface area contributed by atoms with Crippen molar-refractivity contribution >= 4 is 22.5 Å².